The van der Waals surface area contributed by atoms with Gasteiger partial charge in [0.15, 0.2) is 0 Å². The van der Waals surface area contributed by atoms with Crippen molar-refractivity contribution < 1.29 is 33.1 Å². The van der Waals surface area contributed by atoms with Crippen LogP contribution >= 0.6 is 0 Å². The Morgan fingerprint density at radius 3 is 2.06 bits per heavy atom. The number of aromatic nitrogens is 4. The number of ether oxygens (including phenoxy) is 2. The molecular weight excluding hydrogens is 692 g/mol. The molecule has 15 heteroatoms. The second-order valence-electron chi connectivity index (χ2n) is 13.9. The highest BCUT2D eigenvalue weighted by Gasteiger charge is 2.37. The Morgan fingerprint density at radius 1 is 0.815 bits per heavy atom. The molecule has 4 N–H and O–H groups in total. The van der Waals surface area contributed by atoms with E-state index in [2.05, 4.69) is 41.4 Å². The number of H-pyrrole nitrogens is 2. The number of nitrogens with one attached hydrogen (secondary N) is 4. The number of rotatable bonds is 10. The number of imidazole rings is 2. The van der Waals surface area contributed by atoms with Gasteiger partial charge in [-0.25, -0.2) is 19.6 Å². The van der Waals surface area contributed by atoms with Gasteiger partial charge >= 0.3 is 12.2 Å². The number of likely N-dealkylation sites (tertiary alicyclic amines) is 2. The number of hydrogen-bond donors (Lipinski definition) is 4. The zero-order valence-electron chi connectivity index (χ0n) is 30.7. The quantitative estimate of drug-likeness (QED) is 0.135. The van der Waals surface area contributed by atoms with Crippen LogP contribution in [0.4, 0.5) is 9.59 Å². The Morgan fingerprint density at radius 2 is 1.41 bits per heavy atom. The number of amides is 4. The summed E-state index contributed by atoms with van der Waals surface area (Å²) in [5.74, 6) is 1.69. The van der Waals surface area contributed by atoms with Crippen molar-refractivity contribution in [3.63, 3.8) is 0 Å². The molecule has 4 amide bonds. The Bertz CT molecular complexity index is 2150. The van der Waals surface area contributed by atoms with Crippen LogP contribution in [0, 0.1) is 5.92 Å². The van der Waals surface area contributed by atoms with Gasteiger partial charge in [0.2, 0.25) is 11.8 Å². The third-order valence-electron chi connectivity index (χ3n) is 10.2. The van der Waals surface area contributed by atoms with E-state index in [9.17, 15) is 19.2 Å². The van der Waals surface area contributed by atoms with E-state index in [0.29, 0.717) is 24.7 Å². The minimum absolute atomic E-state index is 0.113. The monoisotopic (exact) mass is 736 g/mol. The van der Waals surface area contributed by atoms with Crippen molar-refractivity contribution >= 4 is 35.0 Å². The number of methoxy groups -OCH3 is 2. The summed E-state index contributed by atoms with van der Waals surface area (Å²) in [5.41, 5.74) is 5.20. The molecule has 0 saturated carbocycles. The van der Waals surface area contributed by atoms with Crippen LogP contribution < -0.4 is 10.6 Å². The maximum Gasteiger partial charge on any atom is 0.407 e. The van der Waals surface area contributed by atoms with Crippen molar-refractivity contribution in [1.29, 1.82) is 0 Å². The van der Waals surface area contributed by atoms with Crippen molar-refractivity contribution in [2.45, 2.75) is 57.7 Å². The summed E-state index contributed by atoms with van der Waals surface area (Å²) >= 11 is 0. The van der Waals surface area contributed by atoms with Crippen molar-refractivity contribution in [3.8, 4) is 33.8 Å². The summed E-state index contributed by atoms with van der Waals surface area (Å²) in [7, 11) is 2.55. The molecule has 15 nitrogen and oxygen atoms in total. The molecule has 0 spiro atoms. The molecule has 282 valence electrons. The SMILES string of the molecule is COC(=O)NCC(=O)N1CCC[C@H]1c1ncc(-c2ccc(-c3cc4cc(-c5cnc([C@@H]6CCCN6C(=O)C(NC(=O)OC)C(C)C)[nH]5)ccc4o3)cc2)[nH]1. The largest absolute Gasteiger partial charge is 0.456 e. The molecule has 54 heavy (non-hydrogen) atoms. The van der Waals surface area contributed by atoms with Gasteiger partial charge in [0.25, 0.3) is 0 Å². The predicted octanol–water partition coefficient (Wildman–Crippen LogP) is 5.94. The van der Waals surface area contributed by atoms with Crippen LogP contribution in [-0.2, 0) is 19.1 Å². The number of hydrogen-bond acceptors (Lipinski definition) is 9. The van der Waals surface area contributed by atoms with Crippen molar-refractivity contribution in [2.75, 3.05) is 33.9 Å². The van der Waals surface area contributed by atoms with Crippen LogP contribution in [0.3, 0.4) is 0 Å². The second-order valence-corrected chi connectivity index (χ2v) is 13.9. The average molecular weight is 737 g/mol. The number of carbonyl (C=O) groups is 4. The Labute approximate surface area is 311 Å². The number of carbonyl (C=O) groups excluding carboxylic acids is 4. The van der Waals surface area contributed by atoms with Crippen molar-refractivity contribution in [3.05, 3.63) is 72.6 Å². The van der Waals surface area contributed by atoms with Gasteiger partial charge in [0, 0.05) is 29.6 Å². The fourth-order valence-electron chi connectivity index (χ4n) is 7.34. The molecule has 5 heterocycles. The van der Waals surface area contributed by atoms with Crippen LogP contribution in [0.2, 0.25) is 0 Å². The number of furan rings is 1. The highest BCUT2D eigenvalue weighted by molar-refractivity contribution is 5.88. The molecule has 0 radical (unpaired) electrons. The van der Waals surface area contributed by atoms with E-state index in [-0.39, 0.29) is 36.4 Å². The van der Waals surface area contributed by atoms with Gasteiger partial charge in [0.1, 0.15) is 35.6 Å². The lowest BCUT2D eigenvalue weighted by atomic mass is 10.0. The van der Waals surface area contributed by atoms with E-state index in [0.717, 1.165) is 70.5 Å². The summed E-state index contributed by atoms with van der Waals surface area (Å²) < 4.78 is 15.6. The molecule has 5 aromatic rings. The molecule has 0 aliphatic carbocycles. The molecule has 3 atom stereocenters. The molecule has 1 unspecified atom stereocenters. The molecule has 2 aliphatic heterocycles. The summed E-state index contributed by atoms with van der Waals surface area (Å²) in [6, 6.07) is 14.9. The lowest BCUT2D eigenvalue weighted by Crippen LogP contribution is -2.51. The molecule has 2 aliphatic rings. The first-order valence-corrected chi connectivity index (χ1v) is 18.1. The van der Waals surface area contributed by atoms with Crippen LogP contribution in [0.5, 0.6) is 0 Å². The van der Waals surface area contributed by atoms with E-state index >= 15 is 0 Å². The highest BCUT2D eigenvalue weighted by atomic mass is 16.5. The van der Waals surface area contributed by atoms with Crippen LogP contribution in [-0.4, -0.2) is 93.6 Å². The third-order valence-corrected chi connectivity index (χ3v) is 10.2. The maximum absolute atomic E-state index is 13.6. The number of fused-ring (bicyclic) bond motifs is 1. The molecule has 3 aromatic heterocycles. The maximum atomic E-state index is 13.6. The Balaban J connectivity index is 1.03. The third kappa shape index (κ3) is 7.38. The second kappa shape index (κ2) is 15.5. The Hall–Kier alpha value is -6.12. The van der Waals surface area contributed by atoms with Gasteiger partial charge in [0.05, 0.1) is 50.1 Å². The lowest BCUT2D eigenvalue weighted by Gasteiger charge is -2.30. The fraction of sp³-hybridized carbons (Fsp3) is 0.385. The van der Waals surface area contributed by atoms with E-state index in [1.165, 1.54) is 14.2 Å². The highest BCUT2D eigenvalue weighted by Crippen LogP contribution is 2.36. The summed E-state index contributed by atoms with van der Waals surface area (Å²) in [4.78, 5) is 69.4. The van der Waals surface area contributed by atoms with E-state index in [1.54, 1.807) is 22.2 Å². The molecule has 2 aromatic carbocycles. The summed E-state index contributed by atoms with van der Waals surface area (Å²) in [5, 5.41) is 6.08. The normalized spacial score (nSPS) is 17.6. The van der Waals surface area contributed by atoms with Gasteiger partial charge in [-0.05, 0) is 61.4 Å². The van der Waals surface area contributed by atoms with E-state index in [1.807, 2.05) is 56.3 Å². The Kier molecular flexibility index (Phi) is 10.4. The fourth-order valence-corrected chi connectivity index (χ4v) is 7.34. The first-order chi connectivity index (χ1) is 26.1. The number of aromatic amines is 2. The topological polar surface area (TPSA) is 188 Å². The minimum atomic E-state index is -0.698. The van der Waals surface area contributed by atoms with E-state index < -0.39 is 18.2 Å². The number of alkyl carbamates (subject to hydrolysis) is 2. The van der Waals surface area contributed by atoms with Crippen LogP contribution in [0.25, 0.3) is 44.8 Å². The standard InChI is InChI=1S/C39H44N8O7/c1-22(2)34(45-39(51)53-4)37(49)47-16-6-8-30(47)36-41-20-28(44-36)25-13-14-31-26(17-25)18-32(54-31)24-11-9-23(10-12-24)27-19-40-35(43-27)29-7-5-15-46(29)33(48)21-42-38(50)52-3/h9-14,17-20,22,29-30,34H,5-8,15-16,21H2,1-4H3,(H,40,43)(H,41,44)(H,42,50)(H,45,51)/t29-,30-,34?/m0/s1. The van der Waals surface area contributed by atoms with Gasteiger partial charge in [-0.3, -0.25) is 9.59 Å². The van der Waals surface area contributed by atoms with Gasteiger partial charge in [-0.15, -0.1) is 0 Å². The van der Waals surface area contributed by atoms with Crippen molar-refractivity contribution in [2.24, 2.45) is 5.92 Å². The average Bonchev–Trinajstić information content (AvgIpc) is 4.03. The molecule has 7 rings (SSSR count). The lowest BCUT2D eigenvalue weighted by molar-refractivity contribution is -0.135. The van der Waals surface area contributed by atoms with Gasteiger partial charge in [-0.1, -0.05) is 38.1 Å². The molecular formula is C39H44N8O7. The first kappa shape index (κ1) is 36.2. The smallest absolute Gasteiger partial charge is 0.407 e. The number of nitrogens with zero attached hydrogens (tertiary/aromatic N) is 4. The van der Waals surface area contributed by atoms with Gasteiger partial charge < -0.3 is 44.3 Å². The molecule has 2 fully saturated rings. The predicted molar refractivity (Wildman–Crippen MR) is 199 cm³/mol. The minimum Gasteiger partial charge on any atom is -0.456 e. The molecule has 0 bridgehead atoms. The first-order valence-electron chi connectivity index (χ1n) is 18.1. The van der Waals surface area contributed by atoms with Crippen molar-refractivity contribution in [1.82, 2.24) is 40.4 Å². The number of benzene rings is 2. The zero-order valence-corrected chi connectivity index (χ0v) is 30.7. The van der Waals surface area contributed by atoms with Gasteiger partial charge in [-0.2, -0.15) is 0 Å². The zero-order chi connectivity index (χ0) is 37.9. The van der Waals surface area contributed by atoms with E-state index in [4.69, 9.17) is 9.15 Å². The summed E-state index contributed by atoms with van der Waals surface area (Å²) in [6.07, 6.45) is 5.52. The van der Waals surface area contributed by atoms with Crippen LogP contribution in [0.1, 0.15) is 63.3 Å². The summed E-state index contributed by atoms with van der Waals surface area (Å²) in [6.45, 7) is 4.84. The van der Waals surface area contributed by atoms with Crippen LogP contribution in [0.15, 0.2) is 65.3 Å². The molecule has 2 saturated heterocycles.